The largest absolute Gasteiger partial charge is 0.351 e. The van der Waals surface area contributed by atoms with Gasteiger partial charge in [0, 0.05) is 30.4 Å². The summed E-state index contributed by atoms with van der Waals surface area (Å²) in [5.74, 6) is 0.986. The van der Waals surface area contributed by atoms with Crippen molar-refractivity contribution in [1.82, 2.24) is 25.5 Å². The van der Waals surface area contributed by atoms with Gasteiger partial charge in [-0.1, -0.05) is 41.3 Å². The second-order valence-corrected chi connectivity index (χ2v) is 7.50. The zero-order valence-electron chi connectivity index (χ0n) is 13.5. The van der Waals surface area contributed by atoms with E-state index in [1.54, 1.807) is 23.1 Å². The highest BCUT2D eigenvalue weighted by Crippen LogP contribution is 2.20. The van der Waals surface area contributed by atoms with Crippen LogP contribution in [0.4, 0.5) is 11.6 Å². The minimum atomic E-state index is -0.194. The van der Waals surface area contributed by atoms with Gasteiger partial charge in [0.05, 0.1) is 5.56 Å². The molecule has 3 rings (SSSR count). The first kappa shape index (κ1) is 17.3. The highest BCUT2D eigenvalue weighted by molar-refractivity contribution is 8.01. The third-order valence-corrected chi connectivity index (χ3v) is 5.04. The average Bonchev–Trinajstić information content (AvgIpc) is 3.05. The molecule has 1 amide bonds. The van der Waals surface area contributed by atoms with Crippen LogP contribution in [-0.4, -0.2) is 38.4 Å². The maximum absolute atomic E-state index is 12.1. The Morgan fingerprint density at radius 2 is 1.92 bits per heavy atom. The van der Waals surface area contributed by atoms with E-state index < -0.39 is 0 Å². The Bertz CT molecular complexity index is 822. The van der Waals surface area contributed by atoms with Crippen LogP contribution in [0.3, 0.4) is 0 Å². The van der Waals surface area contributed by atoms with Gasteiger partial charge in [-0.3, -0.25) is 4.79 Å². The first-order valence-electron chi connectivity index (χ1n) is 7.56. The van der Waals surface area contributed by atoms with E-state index in [9.17, 15) is 4.79 Å². The van der Waals surface area contributed by atoms with Crippen LogP contribution in [0.1, 0.15) is 15.4 Å². The van der Waals surface area contributed by atoms with Crippen LogP contribution in [-0.2, 0) is 0 Å². The number of nitrogens with zero attached hydrogens (tertiary/aromatic N) is 4. The van der Waals surface area contributed by atoms with Gasteiger partial charge in [0.15, 0.2) is 4.34 Å². The minimum Gasteiger partial charge on any atom is -0.351 e. The molecule has 0 saturated heterocycles. The number of benzene rings is 1. The molecule has 0 aliphatic carbocycles. The Labute approximate surface area is 153 Å². The summed E-state index contributed by atoms with van der Waals surface area (Å²) in [6.07, 6.45) is 3.02. The second kappa shape index (κ2) is 8.54. The first-order chi connectivity index (χ1) is 12.2. The van der Waals surface area contributed by atoms with E-state index in [-0.39, 0.29) is 5.91 Å². The third-order valence-electron chi connectivity index (χ3n) is 3.06. The number of carbonyl (C=O) groups is 1. The van der Waals surface area contributed by atoms with Crippen molar-refractivity contribution in [3.63, 3.8) is 0 Å². The van der Waals surface area contributed by atoms with Crippen molar-refractivity contribution >= 4 is 40.6 Å². The minimum absolute atomic E-state index is 0.194. The lowest BCUT2D eigenvalue weighted by molar-refractivity contribution is 0.0955. The zero-order chi connectivity index (χ0) is 17.5. The summed E-state index contributed by atoms with van der Waals surface area (Å²) >= 11 is 3.12. The van der Waals surface area contributed by atoms with E-state index in [0.717, 1.165) is 20.8 Å². The molecule has 2 aromatic heterocycles. The fourth-order valence-electron chi connectivity index (χ4n) is 1.90. The standard InChI is InChI=1S/C16H16N6OS2/c1-11-21-22-16(25-11)24-8-7-17-14(23)12-9-18-15(19-10-12)20-13-5-3-2-4-6-13/h2-6,9-10H,7-8H2,1H3,(H,17,23)(H,18,19,20). The van der Waals surface area contributed by atoms with Gasteiger partial charge < -0.3 is 10.6 Å². The summed E-state index contributed by atoms with van der Waals surface area (Å²) < 4.78 is 0.909. The quantitative estimate of drug-likeness (QED) is 0.486. The molecule has 2 N–H and O–H groups in total. The van der Waals surface area contributed by atoms with E-state index in [2.05, 4.69) is 30.8 Å². The van der Waals surface area contributed by atoms with Crippen LogP contribution in [0.2, 0.25) is 0 Å². The monoisotopic (exact) mass is 372 g/mol. The SMILES string of the molecule is Cc1nnc(SCCNC(=O)c2cnc(Nc3ccccc3)nc2)s1. The van der Waals surface area contributed by atoms with Crippen molar-refractivity contribution in [3.8, 4) is 0 Å². The summed E-state index contributed by atoms with van der Waals surface area (Å²) in [4.78, 5) is 20.4. The molecule has 0 aliphatic rings. The zero-order valence-corrected chi connectivity index (χ0v) is 15.1. The van der Waals surface area contributed by atoms with Crippen LogP contribution >= 0.6 is 23.1 Å². The van der Waals surface area contributed by atoms with E-state index in [1.807, 2.05) is 37.3 Å². The third kappa shape index (κ3) is 5.23. The molecule has 25 heavy (non-hydrogen) atoms. The number of amides is 1. The van der Waals surface area contributed by atoms with Gasteiger partial charge in [-0.2, -0.15) is 0 Å². The van der Waals surface area contributed by atoms with Crippen molar-refractivity contribution in [2.75, 3.05) is 17.6 Å². The van der Waals surface area contributed by atoms with Gasteiger partial charge >= 0.3 is 0 Å². The Hall–Kier alpha value is -2.52. The Morgan fingerprint density at radius 1 is 1.16 bits per heavy atom. The van der Waals surface area contributed by atoms with Crippen molar-refractivity contribution in [2.45, 2.75) is 11.3 Å². The number of nitrogens with one attached hydrogen (secondary N) is 2. The molecule has 1 aromatic carbocycles. The highest BCUT2D eigenvalue weighted by atomic mass is 32.2. The number of rotatable bonds is 7. The van der Waals surface area contributed by atoms with Gasteiger partial charge in [0.2, 0.25) is 5.95 Å². The maximum Gasteiger partial charge on any atom is 0.254 e. The maximum atomic E-state index is 12.1. The second-order valence-electron chi connectivity index (χ2n) is 4.98. The molecule has 0 bridgehead atoms. The molecule has 0 spiro atoms. The average molecular weight is 372 g/mol. The van der Waals surface area contributed by atoms with E-state index in [4.69, 9.17) is 0 Å². The Morgan fingerprint density at radius 3 is 2.60 bits per heavy atom. The van der Waals surface area contributed by atoms with Crippen LogP contribution in [0.25, 0.3) is 0 Å². The molecule has 128 valence electrons. The van der Waals surface area contributed by atoms with Crippen molar-refractivity contribution in [2.24, 2.45) is 0 Å². The molecule has 2 heterocycles. The Kier molecular flexibility index (Phi) is 5.91. The van der Waals surface area contributed by atoms with Gasteiger partial charge in [-0.15, -0.1) is 10.2 Å². The van der Waals surface area contributed by atoms with E-state index in [0.29, 0.717) is 18.1 Å². The van der Waals surface area contributed by atoms with E-state index >= 15 is 0 Å². The number of hydrogen-bond donors (Lipinski definition) is 2. The van der Waals surface area contributed by atoms with Crippen molar-refractivity contribution < 1.29 is 4.79 Å². The number of aryl methyl sites for hydroxylation is 1. The van der Waals surface area contributed by atoms with Crippen LogP contribution in [0.15, 0.2) is 47.1 Å². The Balaban J connectivity index is 1.45. The molecule has 0 fully saturated rings. The summed E-state index contributed by atoms with van der Waals surface area (Å²) in [7, 11) is 0. The topological polar surface area (TPSA) is 92.7 Å². The molecule has 9 heteroatoms. The number of thioether (sulfide) groups is 1. The molecule has 0 radical (unpaired) electrons. The fraction of sp³-hybridized carbons (Fsp3) is 0.188. The molecule has 0 atom stereocenters. The molecule has 0 unspecified atom stereocenters. The summed E-state index contributed by atoms with van der Waals surface area (Å²) in [5.41, 5.74) is 1.32. The predicted molar refractivity (Wildman–Crippen MR) is 99.5 cm³/mol. The number of anilines is 2. The normalized spacial score (nSPS) is 10.4. The molecule has 0 saturated carbocycles. The van der Waals surface area contributed by atoms with Gasteiger partial charge in [-0.25, -0.2) is 9.97 Å². The molecular formula is C16H16N6OS2. The smallest absolute Gasteiger partial charge is 0.254 e. The van der Waals surface area contributed by atoms with Crippen molar-refractivity contribution in [3.05, 3.63) is 53.3 Å². The number of para-hydroxylation sites is 1. The number of carbonyl (C=O) groups excluding carboxylic acids is 1. The molecular weight excluding hydrogens is 356 g/mol. The lowest BCUT2D eigenvalue weighted by atomic mass is 10.3. The fourth-order valence-corrected chi connectivity index (χ4v) is 3.64. The van der Waals surface area contributed by atoms with E-state index in [1.165, 1.54) is 12.4 Å². The summed E-state index contributed by atoms with van der Waals surface area (Å²) in [6, 6.07) is 9.61. The van der Waals surface area contributed by atoms with Gasteiger partial charge in [0.1, 0.15) is 5.01 Å². The number of hydrogen-bond acceptors (Lipinski definition) is 8. The lowest BCUT2D eigenvalue weighted by Gasteiger charge is -2.06. The van der Waals surface area contributed by atoms with Gasteiger partial charge in [0.25, 0.3) is 5.91 Å². The number of aromatic nitrogens is 4. The summed E-state index contributed by atoms with van der Waals surface area (Å²) in [5, 5.41) is 14.8. The predicted octanol–water partition coefficient (Wildman–Crippen LogP) is 2.90. The van der Waals surface area contributed by atoms with Gasteiger partial charge in [-0.05, 0) is 19.1 Å². The van der Waals surface area contributed by atoms with Crippen LogP contribution in [0, 0.1) is 6.92 Å². The van der Waals surface area contributed by atoms with Crippen molar-refractivity contribution in [1.29, 1.82) is 0 Å². The lowest BCUT2D eigenvalue weighted by Crippen LogP contribution is -2.26. The van der Waals surface area contributed by atoms with Crippen LogP contribution < -0.4 is 10.6 Å². The summed E-state index contributed by atoms with van der Waals surface area (Å²) in [6.45, 7) is 2.45. The molecule has 3 aromatic rings. The first-order valence-corrected chi connectivity index (χ1v) is 9.36. The highest BCUT2D eigenvalue weighted by Gasteiger charge is 2.07. The molecule has 7 nitrogen and oxygen atoms in total. The van der Waals surface area contributed by atoms with Crippen LogP contribution in [0.5, 0.6) is 0 Å². The molecule has 0 aliphatic heterocycles.